The van der Waals surface area contributed by atoms with Gasteiger partial charge in [0, 0.05) is 13.0 Å². The van der Waals surface area contributed by atoms with Crippen molar-refractivity contribution in [2.75, 3.05) is 27.4 Å². The molecule has 0 aliphatic heterocycles. The third-order valence-corrected chi connectivity index (χ3v) is 4.52. The fraction of sp³-hybridized carbons (Fsp3) is 0.300. The molecule has 26 heavy (non-hydrogen) atoms. The maximum atomic E-state index is 12.0. The van der Waals surface area contributed by atoms with Crippen molar-refractivity contribution >= 4 is 12.1 Å². The average molecular weight is 355 g/mol. The van der Waals surface area contributed by atoms with E-state index < -0.39 is 18.2 Å². The van der Waals surface area contributed by atoms with Gasteiger partial charge >= 0.3 is 12.1 Å². The molecule has 1 aliphatic rings. The highest BCUT2D eigenvalue weighted by Gasteiger charge is 2.29. The largest absolute Gasteiger partial charge is 0.467 e. The van der Waals surface area contributed by atoms with E-state index in [0.29, 0.717) is 0 Å². The normalized spacial score (nSPS) is 13.5. The number of alkyl carbamates (subject to hydrolysis) is 1. The van der Waals surface area contributed by atoms with E-state index >= 15 is 0 Å². The van der Waals surface area contributed by atoms with Crippen molar-refractivity contribution in [3.05, 3.63) is 59.7 Å². The summed E-state index contributed by atoms with van der Waals surface area (Å²) in [5, 5.41) is 2.53. The molecule has 0 saturated heterocycles. The molecule has 0 saturated carbocycles. The molecule has 3 rings (SSSR count). The Bertz CT molecular complexity index is 759. The van der Waals surface area contributed by atoms with Gasteiger partial charge < -0.3 is 19.5 Å². The predicted octanol–water partition coefficient (Wildman–Crippen LogP) is 2.71. The number of ether oxygens (including phenoxy) is 3. The van der Waals surface area contributed by atoms with Crippen LogP contribution in [0, 0.1) is 0 Å². The Morgan fingerprint density at radius 2 is 1.58 bits per heavy atom. The second kappa shape index (κ2) is 8.01. The van der Waals surface area contributed by atoms with Gasteiger partial charge in [-0.15, -0.1) is 0 Å². The number of rotatable bonds is 6. The van der Waals surface area contributed by atoms with Crippen LogP contribution in [0.2, 0.25) is 0 Å². The first-order valence-electron chi connectivity index (χ1n) is 8.35. The first-order chi connectivity index (χ1) is 12.7. The van der Waals surface area contributed by atoms with Gasteiger partial charge in [-0.05, 0) is 22.3 Å². The van der Waals surface area contributed by atoms with Crippen molar-refractivity contribution in [3.63, 3.8) is 0 Å². The fourth-order valence-electron chi connectivity index (χ4n) is 3.22. The predicted molar refractivity (Wildman–Crippen MR) is 95.9 cm³/mol. The number of hydrogen-bond donors (Lipinski definition) is 1. The Labute approximate surface area is 152 Å². The Morgan fingerprint density at radius 3 is 2.12 bits per heavy atom. The van der Waals surface area contributed by atoms with Crippen molar-refractivity contribution in [3.8, 4) is 11.1 Å². The zero-order valence-electron chi connectivity index (χ0n) is 14.7. The number of amides is 1. The molecule has 0 spiro atoms. The quantitative estimate of drug-likeness (QED) is 0.807. The molecule has 1 N–H and O–H groups in total. The van der Waals surface area contributed by atoms with Gasteiger partial charge in [0.05, 0.1) is 13.7 Å². The Kier molecular flexibility index (Phi) is 5.53. The van der Waals surface area contributed by atoms with E-state index in [1.54, 1.807) is 0 Å². The van der Waals surface area contributed by atoms with Crippen LogP contribution in [0.25, 0.3) is 11.1 Å². The minimum atomic E-state index is -0.861. The topological polar surface area (TPSA) is 73.9 Å². The van der Waals surface area contributed by atoms with Crippen LogP contribution in [0.4, 0.5) is 4.79 Å². The first-order valence-corrected chi connectivity index (χ1v) is 8.35. The number of hydrogen-bond acceptors (Lipinski definition) is 5. The monoisotopic (exact) mass is 355 g/mol. The summed E-state index contributed by atoms with van der Waals surface area (Å²) in [5.41, 5.74) is 4.63. The van der Waals surface area contributed by atoms with Crippen LogP contribution in [0.15, 0.2) is 48.5 Å². The SMILES string of the molecule is COC(=O)C(CNC(=O)OCC1c2ccccc2-c2ccccc21)OC. The number of benzene rings is 2. The zero-order valence-corrected chi connectivity index (χ0v) is 14.7. The smallest absolute Gasteiger partial charge is 0.407 e. The van der Waals surface area contributed by atoms with Crippen molar-refractivity contribution in [2.45, 2.75) is 12.0 Å². The molecule has 1 atom stereocenters. The molecular formula is C20H21NO5. The van der Waals surface area contributed by atoms with Crippen molar-refractivity contribution in [1.82, 2.24) is 5.32 Å². The van der Waals surface area contributed by atoms with Crippen LogP contribution in [0.5, 0.6) is 0 Å². The van der Waals surface area contributed by atoms with Crippen LogP contribution in [-0.4, -0.2) is 45.5 Å². The number of esters is 1. The minimum absolute atomic E-state index is 0.00743. The van der Waals surface area contributed by atoms with Crippen molar-refractivity contribution in [2.24, 2.45) is 0 Å². The van der Waals surface area contributed by atoms with Gasteiger partial charge in [-0.1, -0.05) is 48.5 Å². The highest BCUT2D eigenvalue weighted by Crippen LogP contribution is 2.44. The molecule has 2 aromatic carbocycles. The summed E-state index contributed by atoms with van der Waals surface area (Å²) in [6.45, 7) is 0.204. The molecule has 0 bridgehead atoms. The molecule has 0 radical (unpaired) electrons. The number of nitrogens with one attached hydrogen (secondary N) is 1. The van der Waals surface area contributed by atoms with Crippen LogP contribution in [0.1, 0.15) is 17.0 Å². The summed E-state index contributed by atoms with van der Waals surface area (Å²) >= 11 is 0. The Balaban J connectivity index is 1.63. The third-order valence-electron chi connectivity index (χ3n) is 4.52. The van der Waals surface area contributed by atoms with Crippen molar-refractivity contribution in [1.29, 1.82) is 0 Å². The minimum Gasteiger partial charge on any atom is -0.467 e. The van der Waals surface area contributed by atoms with E-state index in [1.807, 2.05) is 24.3 Å². The van der Waals surface area contributed by atoms with E-state index in [-0.39, 0.29) is 19.1 Å². The molecule has 1 amide bonds. The summed E-state index contributed by atoms with van der Waals surface area (Å²) in [7, 11) is 2.64. The van der Waals surface area contributed by atoms with Gasteiger partial charge in [-0.25, -0.2) is 9.59 Å². The van der Waals surface area contributed by atoms with E-state index in [0.717, 1.165) is 11.1 Å². The number of carbonyl (C=O) groups excluding carboxylic acids is 2. The van der Waals surface area contributed by atoms with Gasteiger partial charge in [0.25, 0.3) is 0 Å². The summed E-state index contributed by atoms with van der Waals surface area (Å²) < 4.78 is 15.0. The summed E-state index contributed by atoms with van der Waals surface area (Å²) in [5.74, 6) is -0.557. The molecule has 0 aromatic heterocycles. The second-order valence-corrected chi connectivity index (χ2v) is 5.95. The average Bonchev–Trinajstić information content (AvgIpc) is 3.00. The molecule has 1 unspecified atom stereocenters. The first kappa shape index (κ1) is 17.9. The molecule has 1 aliphatic carbocycles. The maximum Gasteiger partial charge on any atom is 0.407 e. The van der Waals surface area contributed by atoms with E-state index in [4.69, 9.17) is 9.47 Å². The Morgan fingerprint density at radius 1 is 1.00 bits per heavy atom. The number of carbonyl (C=O) groups is 2. The van der Waals surface area contributed by atoms with Gasteiger partial charge in [-0.2, -0.15) is 0 Å². The third kappa shape index (κ3) is 3.55. The second-order valence-electron chi connectivity index (χ2n) is 5.95. The lowest BCUT2D eigenvalue weighted by molar-refractivity contribution is -0.151. The molecule has 136 valence electrons. The maximum absolute atomic E-state index is 12.0. The van der Waals surface area contributed by atoms with E-state index in [1.165, 1.54) is 25.3 Å². The van der Waals surface area contributed by atoms with E-state index in [9.17, 15) is 9.59 Å². The highest BCUT2D eigenvalue weighted by atomic mass is 16.6. The van der Waals surface area contributed by atoms with Crippen LogP contribution >= 0.6 is 0 Å². The highest BCUT2D eigenvalue weighted by molar-refractivity contribution is 5.79. The lowest BCUT2D eigenvalue weighted by atomic mass is 9.98. The van der Waals surface area contributed by atoms with Crippen LogP contribution in [-0.2, 0) is 19.0 Å². The standard InChI is InChI=1S/C20H21NO5/c1-24-18(19(22)25-2)11-21-20(23)26-12-17-15-9-5-3-7-13(15)14-8-4-6-10-16(14)17/h3-10,17-18H,11-12H2,1-2H3,(H,21,23). The summed E-state index contributed by atoms with van der Waals surface area (Å²) in [6.07, 6.45) is -1.46. The number of fused-ring (bicyclic) bond motifs is 3. The fourth-order valence-corrected chi connectivity index (χ4v) is 3.22. The number of methoxy groups -OCH3 is 2. The van der Waals surface area contributed by atoms with Crippen LogP contribution in [0.3, 0.4) is 0 Å². The zero-order chi connectivity index (χ0) is 18.5. The van der Waals surface area contributed by atoms with E-state index in [2.05, 4.69) is 34.3 Å². The molecule has 2 aromatic rings. The van der Waals surface area contributed by atoms with Crippen molar-refractivity contribution < 1.29 is 23.8 Å². The molecule has 0 heterocycles. The van der Waals surface area contributed by atoms with Gasteiger partial charge in [0.15, 0.2) is 6.10 Å². The molecule has 0 fully saturated rings. The molecule has 6 heteroatoms. The van der Waals surface area contributed by atoms with Gasteiger partial charge in [0.1, 0.15) is 6.61 Å². The summed E-state index contributed by atoms with van der Waals surface area (Å²) in [6, 6.07) is 16.2. The van der Waals surface area contributed by atoms with Gasteiger partial charge in [-0.3, -0.25) is 0 Å². The Hall–Kier alpha value is -2.86. The summed E-state index contributed by atoms with van der Waals surface area (Å²) in [4.78, 5) is 23.5. The lowest BCUT2D eigenvalue weighted by Crippen LogP contribution is -2.39. The van der Waals surface area contributed by atoms with Gasteiger partial charge in [0.2, 0.25) is 0 Å². The van der Waals surface area contributed by atoms with Crippen LogP contribution < -0.4 is 5.32 Å². The lowest BCUT2D eigenvalue weighted by Gasteiger charge is -2.16. The molecule has 6 nitrogen and oxygen atoms in total. The molecular weight excluding hydrogens is 334 g/mol.